The summed E-state index contributed by atoms with van der Waals surface area (Å²) in [5.41, 5.74) is 0.185. The summed E-state index contributed by atoms with van der Waals surface area (Å²) in [6.07, 6.45) is 5.18. The van der Waals surface area contributed by atoms with Gasteiger partial charge in [0.05, 0.1) is 6.26 Å². The number of halogens is 3. The molecule has 0 radical (unpaired) electrons. The highest BCUT2D eigenvalue weighted by atomic mass is 32.2. The van der Waals surface area contributed by atoms with E-state index in [2.05, 4.69) is 9.97 Å². The second-order valence-corrected chi connectivity index (χ2v) is 12.1. The molecule has 11 heteroatoms. The van der Waals surface area contributed by atoms with E-state index < -0.39 is 22.0 Å². The largest absolute Gasteiger partial charge is 0.451 e. The lowest BCUT2D eigenvalue weighted by Gasteiger charge is -2.45. The number of anilines is 2. The lowest BCUT2D eigenvalue weighted by Crippen LogP contribution is -2.45. The molecule has 1 unspecified atom stereocenters. The normalized spacial score (nSPS) is 24.4. The Balaban J connectivity index is 1.55. The Morgan fingerprint density at radius 3 is 2.45 bits per heavy atom. The second-order valence-electron chi connectivity index (χ2n) is 10.1. The van der Waals surface area contributed by atoms with Crippen molar-refractivity contribution >= 4 is 21.7 Å². The molecule has 2 aliphatic heterocycles. The maximum Gasteiger partial charge on any atom is 0.451 e. The zero-order chi connectivity index (χ0) is 23.9. The van der Waals surface area contributed by atoms with Gasteiger partial charge in [-0.15, -0.1) is 0 Å². The molecule has 186 valence electrons. The van der Waals surface area contributed by atoms with Crippen LogP contribution in [-0.4, -0.2) is 68.7 Å². The summed E-state index contributed by atoms with van der Waals surface area (Å²) in [6, 6.07) is 1.67. The van der Waals surface area contributed by atoms with Gasteiger partial charge >= 0.3 is 6.18 Å². The van der Waals surface area contributed by atoms with Gasteiger partial charge in [0.1, 0.15) is 11.6 Å². The van der Waals surface area contributed by atoms with E-state index in [0.29, 0.717) is 38.4 Å². The van der Waals surface area contributed by atoms with Crippen LogP contribution in [0.15, 0.2) is 6.07 Å². The van der Waals surface area contributed by atoms with Gasteiger partial charge in [-0.2, -0.15) is 13.2 Å². The van der Waals surface area contributed by atoms with Crippen LogP contribution in [-0.2, 0) is 16.2 Å². The van der Waals surface area contributed by atoms with Gasteiger partial charge in [-0.3, -0.25) is 0 Å². The summed E-state index contributed by atoms with van der Waals surface area (Å²) in [7, 11) is -1.55. The summed E-state index contributed by atoms with van der Waals surface area (Å²) < 4.78 is 66.1. The molecule has 1 aliphatic carbocycles. The molecule has 1 aromatic rings. The molecule has 1 spiro atoms. The predicted molar refractivity (Wildman–Crippen MR) is 122 cm³/mol. The Kier molecular flexibility index (Phi) is 6.83. The third-order valence-electron chi connectivity index (χ3n) is 7.49. The Labute approximate surface area is 194 Å². The molecule has 33 heavy (non-hydrogen) atoms. The van der Waals surface area contributed by atoms with E-state index >= 15 is 0 Å². The summed E-state index contributed by atoms with van der Waals surface area (Å²) in [6.45, 7) is 2.70. The first kappa shape index (κ1) is 24.5. The number of hydrogen-bond acceptors (Lipinski definition) is 6. The van der Waals surface area contributed by atoms with Gasteiger partial charge in [0.2, 0.25) is 15.8 Å². The molecule has 0 aromatic carbocycles. The highest BCUT2D eigenvalue weighted by molar-refractivity contribution is 7.88. The maximum atomic E-state index is 13.7. The van der Waals surface area contributed by atoms with Crippen LogP contribution in [0.25, 0.3) is 0 Å². The van der Waals surface area contributed by atoms with Crippen molar-refractivity contribution in [2.24, 2.45) is 11.3 Å². The molecule has 3 fully saturated rings. The quantitative estimate of drug-likeness (QED) is 0.627. The molecule has 3 aliphatic rings. The number of hydrogen-bond donors (Lipinski definition) is 0. The summed E-state index contributed by atoms with van der Waals surface area (Å²) in [5.74, 6) is -0.506. The molecular weight excluding hydrogens is 455 g/mol. The summed E-state index contributed by atoms with van der Waals surface area (Å²) in [4.78, 5) is 11.5. The minimum Gasteiger partial charge on any atom is -0.359 e. The van der Waals surface area contributed by atoms with E-state index in [1.165, 1.54) is 29.8 Å². The van der Waals surface area contributed by atoms with Gasteiger partial charge < -0.3 is 9.80 Å². The molecule has 3 heterocycles. The zero-order valence-electron chi connectivity index (χ0n) is 19.4. The standard InChI is InChI=1S/C22H34F3N5O2S/c1-28(14-17-7-12-30(15-17)33(2,31)32)18-13-19(27-20(26-18)22(23,24)25)29-11-6-10-21(16-29)8-4-3-5-9-21/h13,17H,3-12,14-16H2,1-2H3. The van der Waals surface area contributed by atoms with E-state index in [1.54, 1.807) is 18.0 Å². The van der Waals surface area contributed by atoms with Gasteiger partial charge in [0, 0.05) is 45.8 Å². The van der Waals surface area contributed by atoms with Crippen LogP contribution in [0.3, 0.4) is 0 Å². The number of alkyl halides is 3. The Morgan fingerprint density at radius 2 is 1.82 bits per heavy atom. The molecule has 7 nitrogen and oxygen atoms in total. The molecule has 1 saturated carbocycles. The van der Waals surface area contributed by atoms with Crippen LogP contribution in [0.1, 0.15) is 57.2 Å². The number of nitrogens with zero attached hydrogens (tertiary/aromatic N) is 5. The van der Waals surface area contributed by atoms with Crippen LogP contribution >= 0.6 is 0 Å². The van der Waals surface area contributed by atoms with Gasteiger partial charge in [-0.05, 0) is 43.4 Å². The second kappa shape index (κ2) is 9.20. The van der Waals surface area contributed by atoms with E-state index in [1.807, 2.05) is 4.90 Å². The average Bonchev–Trinajstić information content (AvgIpc) is 3.22. The lowest BCUT2D eigenvalue weighted by atomic mass is 9.69. The van der Waals surface area contributed by atoms with Crippen molar-refractivity contribution in [2.45, 2.75) is 57.5 Å². The van der Waals surface area contributed by atoms with Gasteiger partial charge in [0.15, 0.2) is 0 Å². The van der Waals surface area contributed by atoms with Crippen LogP contribution in [0.5, 0.6) is 0 Å². The highest BCUT2D eigenvalue weighted by Crippen LogP contribution is 2.44. The first-order valence-electron chi connectivity index (χ1n) is 11.8. The molecule has 4 rings (SSSR count). The maximum absolute atomic E-state index is 13.7. The Hall–Kier alpha value is -1.62. The number of piperidine rings is 1. The minimum absolute atomic E-state index is 0.0398. The molecule has 2 saturated heterocycles. The first-order valence-corrected chi connectivity index (χ1v) is 13.7. The average molecular weight is 490 g/mol. The SMILES string of the molecule is CN(CC1CCN(S(C)(=O)=O)C1)c1cc(N2CCCC3(CCCCC3)C2)nc(C(F)(F)F)n1. The van der Waals surface area contributed by atoms with E-state index in [4.69, 9.17) is 0 Å². The fraction of sp³-hybridized carbons (Fsp3) is 0.818. The molecule has 1 aromatic heterocycles. The summed E-state index contributed by atoms with van der Waals surface area (Å²) in [5, 5.41) is 0. The topological polar surface area (TPSA) is 69.6 Å². The van der Waals surface area contributed by atoms with Crippen molar-refractivity contribution in [1.82, 2.24) is 14.3 Å². The zero-order valence-corrected chi connectivity index (χ0v) is 20.3. The molecule has 0 amide bonds. The summed E-state index contributed by atoms with van der Waals surface area (Å²) >= 11 is 0. The lowest BCUT2D eigenvalue weighted by molar-refractivity contribution is -0.144. The van der Waals surface area contributed by atoms with Gasteiger partial charge in [-0.25, -0.2) is 22.7 Å². The first-order chi connectivity index (χ1) is 15.5. The van der Waals surface area contributed by atoms with E-state index in [9.17, 15) is 21.6 Å². The Bertz CT molecular complexity index is 944. The van der Waals surface area contributed by atoms with E-state index in [0.717, 1.165) is 32.2 Å². The molecule has 0 N–H and O–H groups in total. The van der Waals surface area contributed by atoms with Gasteiger partial charge in [-0.1, -0.05) is 19.3 Å². The Morgan fingerprint density at radius 1 is 1.12 bits per heavy atom. The molecule has 1 atom stereocenters. The van der Waals surface area contributed by atoms with Crippen molar-refractivity contribution in [3.05, 3.63) is 11.9 Å². The van der Waals surface area contributed by atoms with Crippen LogP contribution in [0.2, 0.25) is 0 Å². The molecule has 0 bridgehead atoms. The fourth-order valence-corrected chi connectivity index (χ4v) is 6.67. The number of aromatic nitrogens is 2. The van der Waals surface area contributed by atoms with Crippen molar-refractivity contribution in [1.29, 1.82) is 0 Å². The van der Waals surface area contributed by atoms with Crippen molar-refractivity contribution in [3.8, 4) is 0 Å². The predicted octanol–water partition coefficient (Wildman–Crippen LogP) is 3.76. The minimum atomic E-state index is -4.63. The van der Waals surface area contributed by atoms with Crippen LogP contribution in [0, 0.1) is 11.3 Å². The third kappa shape index (κ3) is 5.72. The van der Waals surface area contributed by atoms with Crippen molar-refractivity contribution < 1.29 is 21.6 Å². The fourth-order valence-electron chi connectivity index (χ4n) is 5.75. The molecular formula is C22H34F3N5O2S. The third-order valence-corrected chi connectivity index (χ3v) is 8.76. The number of rotatable bonds is 5. The highest BCUT2D eigenvalue weighted by Gasteiger charge is 2.40. The van der Waals surface area contributed by atoms with Gasteiger partial charge in [0.25, 0.3) is 0 Å². The van der Waals surface area contributed by atoms with Crippen molar-refractivity contribution in [2.75, 3.05) is 55.8 Å². The van der Waals surface area contributed by atoms with Crippen molar-refractivity contribution in [3.63, 3.8) is 0 Å². The monoisotopic (exact) mass is 489 g/mol. The number of sulfonamides is 1. The van der Waals surface area contributed by atoms with E-state index in [-0.39, 0.29) is 17.2 Å². The van der Waals surface area contributed by atoms with Crippen LogP contribution < -0.4 is 9.80 Å². The van der Waals surface area contributed by atoms with Crippen LogP contribution in [0.4, 0.5) is 24.8 Å². The smallest absolute Gasteiger partial charge is 0.359 e.